The summed E-state index contributed by atoms with van der Waals surface area (Å²) in [7, 11) is 0. The Labute approximate surface area is 473 Å². The summed E-state index contributed by atoms with van der Waals surface area (Å²) in [5, 5.41) is 0. The third-order valence-corrected chi connectivity index (χ3v) is 15.1. The van der Waals surface area contributed by atoms with E-state index in [4.69, 9.17) is 14.2 Å². The van der Waals surface area contributed by atoms with Crippen LogP contribution in [0.3, 0.4) is 0 Å². The van der Waals surface area contributed by atoms with Gasteiger partial charge in [0.1, 0.15) is 13.2 Å². The standard InChI is InChI=1S/C70H128O6/c1-4-7-10-13-16-19-22-25-28-31-34-35-37-39-42-45-48-51-54-57-60-63-69(72)75-66-67(65-74-68(71)62-59-56-53-50-47-44-41-38-33-30-27-24-21-18-15-12-9-6-3)76-70(73)64-61-58-55-52-49-46-43-40-36-32-29-26-23-20-17-14-11-8-5-2/h17,20,26,29,31,34,36,40,67H,4-16,18-19,21-25,27-28,30,32-33,35,37-39,41-66H2,1-3H3/b20-17-,29-26-,34-31-,40-36-. The van der Waals surface area contributed by atoms with Gasteiger partial charge in [-0.25, -0.2) is 0 Å². The number of hydrogen-bond donors (Lipinski definition) is 0. The van der Waals surface area contributed by atoms with Crippen molar-refractivity contribution in [1.82, 2.24) is 0 Å². The maximum absolute atomic E-state index is 12.9. The number of carbonyl (C=O) groups is 3. The van der Waals surface area contributed by atoms with Gasteiger partial charge in [-0.1, -0.05) is 307 Å². The predicted molar refractivity (Wildman–Crippen MR) is 330 cm³/mol. The highest BCUT2D eigenvalue weighted by molar-refractivity contribution is 5.71. The molecule has 444 valence electrons. The maximum Gasteiger partial charge on any atom is 0.306 e. The second-order valence-corrected chi connectivity index (χ2v) is 22.7. The highest BCUT2D eigenvalue weighted by Gasteiger charge is 2.19. The van der Waals surface area contributed by atoms with Gasteiger partial charge in [0.15, 0.2) is 6.10 Å². The van der Waals surface area contributed by atoms with Gasteiger partial charge in [0.25, 0.3) is 0 Å². The number of ether oxygens (including phenoxy) is 3. The monoisotopic (exact) mass is 1060 g/mol. The Morgan fingerprint density at radius 1 is 0.263 bits per heavy atom. The van der Waals surface area contributed by atoms with E-state index in [1.807, 2.05) is 0 Å². The molecule has 0 N–H and O–H groups in total. The molecule has 0 aliphatic heterocycles. The molecule has 0 radical (unpaired) electrons. The molecule has 0 aromatic rings. The zero-order valence-corrected chi connectivity index (χ0v) is 51.0. The van der Waals surface area contributed by atoms with Gasteiger partial charge < -0.3 is 14.2 Å². The normalized spacial score (nSPS) is 12.3. The molecule has 0 saturated heterocycles. The molecule has 6 heteroatoms. The van der Waals surface area contributed by atoms with Crippen LogP contribution in [0.25, 0.3) is 0 Å². The summed E-state index contributed by atoms with van der Waals surface area (Å²) >= 11 is 0. The highest BCUT2D eigenvalue weighted by Crippen LogP contribution is 2.17. The molecule has 0 aromatic heterocycles. The van der Waals surface area contributed by atoms with E-state index < -0.39 is 6.10 Å². The molecular weight excluding hydrogens is 937 g/mol. The van der Waals surface area contributed by atoms with E-state index in [0.717, 1.165) is 77.0 Å². The van der Waals surface area contributed by atoms with Gasteiger partial charge in [0.05, 0.1) is 0 Å². The third-order valence-electron chi connectivity index (χ3n) is 15.1. The Morgan fingerprint density at radius 2 is 0.474 bits per heavy atom. The van der Waals surface area contributed by atoms with E-state index in [1.165, 1.54) is 244 Å². The van der Waals surface area contributed by atoms with E-state index in [-0.39, 0.29) is 31.1 Å². The first-order chi connectivity index (χ1) is 37.5. The molecule has 1 unspecified atom stereocenters. The maximum atomic E-state index is 12.9. The number of allylic oxidation sites excluding steroid dienone is 8. The van der Waals surface area contributed by atoms with Crippen molar-refractivity contribution < 1.29 is 28.6 Å². The lowest BCUT2D eigenvalue weighted by molar-refractivity contribution is -0.167. The fourth-order valence-electron chi connectivity index (χ4n) is 9.98. The topological polar surface area (TPSA) is 78.9 Å². The van der Waals surface area contributed by atoms with Gasteiger partial charge in [-0.05, 0) is 83.5 Å². The summed E-state index contributed by atoms with van der Waals surface area (Å²) in [6.45, 7) is 6.66. The average molecular weight is 1070 g/mol. The molecular formula is C70H128O6. The summed E-state index contributed by atoms with van der Waals surface area (Å²) in [6, 6.07) is 0. The van der Waals surface area contributed by atoms with Crippen LogP contribution in [0.4, 0.5) is 0 Å². The minimum atomic E-state index is -0.780. The van der Waals surface area contributed by atoms with Crippen LogP contribution in [0, 0.1) is 0 Å². The van der Waals surface area contributed by atoms with Gasteiger partial charge in [0, 0.05) is 19.3 Å². The Balaban J connectivity index is 4.36. The van der Waals surface area contributed by atoms with Crippen LogP contribution in [-0.2, 0) is 28.6 Å². The molecule has 0 rings (SSSR count). The molecule has 0 saturated carbocycles. The Kier molecular flexibility index (Phi) is 62.6. The smallest absolute Gasteiger partial charge is 0.306 e. The molecule has 0 heterocycles. The van der Waals surface area contributed by atoms with Gasteiger partial charge in [-0.15, -0.1) is 0 Å². The van der Waals surface area contributed by atoms with Crippen LogP contribution >= 0.6 is 0 Å². The summed E-state index contributed by atoms with van der Waals surface area (Å²) in [6.07, 6.45) is 81.2. The number of unbranched alkanes of at least 4 members (excludes halogenated alkanes) is 43. The van der Waals surface area contributed by atoms with E-state index in [1.54, 1.807) is 0 Å². The van der Waals surface area contributed by atoms with Crippen LogP contribution in [0.15, 0.2) is 48.6 Å². The molecule has 76 heavy (non-hydrogen) atoms. The fourth-order valence-corrected chi connectivity index (χ4v) is 9.98. The summed E-state index contributed by atoms with van der Waals surface area (Å²) in [4.78, 5) is 38.4. The fraction of sp³-hybridized carbons (Fsp3) is 0.843. The third kappa shape index (κ3) is 62.2. The number of carbonyl (C=O) groups excluding carboxylic acids is 3. The lowest BCUT2D eigenvalue weighted by atomic mass is 10.0. The van der Waals surface area contributed by atoms with Crippen molar-refractivity contribution in [3.8, 4) is 0 Å². The van der Waals surface area contributed by atoms with Crippen LogP contribution in [-0.4, -0.2) is 37.2 Å². The Hall–Kier alpha value is -2.63. The summed E-state index contributed by atoms with van der Waals surface area (Å²) in [5.74, 6) is -0.866. The van der Waals surface area contributed by atoms with E-state index in [0.29, 0.717) is 19.3 Å². The van der Waals surface area contributed by atoms with Gasteiger partial charge in [-0.3, -0.25) is 14.4 Å². The SMILES string of the molecule is CCCCC/C=C\C/C=C\C/C=C\CCCCCCCCC(=O)OC(COC(=O)CCCCCCCCCCC/C=C\CCCCCCCCCC)COC(=O)CCCCCCCCCCCCCCCCCCCC. The van der Waals surface area contributed by atoms with Gasteiger partial charge in [0.2, 0.25) is 0 Å². The van der Waals surface area contributed by atoms with Crippen molar-refractivity contribution in [3.63, 3.8) is 0 Å². The van der Waals surface area contributed by atoms with Crippen molar-refractivity contribution in [2.45, 2.75) is 367 Å². The number of rotatable bonds is 62. The summed E-state index contributed by atoms with van der Waals surface area (Å²) < 4.78 is 17.0. The number of esters is 3. The largest absolute Gasteiger partial charge is 0.462 e. The zero-order chi connectivity index (χ0) is 55.0. The predicted octanol–water partition coefficient (Wildman–Crippen LogP) is 22.9. The molecule has 0 amide bonds. The first kappa shape index (κ1) is 73.4. The van der Waals surface area contributed by atoms with Crippen LogP contribution < -0.4 is 0 Å². The van der Waals surface area contributed by atoms with Crippen LogP contribution in [0.5, 0.6) is 0 Å². The van der Waals surface area contributed by atoms with Crippen molar-refractivity contribution in [3.05, 3.63) is 48.6 Å². The minimum Gasteiger partial charge on any atom is -0.462 e. The molecule has 0 spiro atoms. The number of hydrogen-bond acceptors (Lipinski definition) is 6. The highest BCUT2D eigenvalue weighted by atomic mass is 16.6. The van der Waals surface area contributed by atoms with Crippen molar-refractivity contribution in [2.75, 3.05) is 13.2 Å². The van der Waals surface area contributed by atoms with E-state index in [2.05, 4.69) is 69.4 Å². The van der Waals surface area contributed by atoms with Crippen LogP contribution in [0.2, 0.25) is 0 Å². The lowest BCUT2D eigenvalue weighted by Crippen LogP contribution is -2.30. The summed E-state index contributed by atoms with van der Waals surface area (Å²) in [5.41, 5.74) is 0. The van der Waals surface area contributed by atoms with Crippen molar-refractivity contribution >= 4 is 17.9 Å². The Bertz CT molecular complexity index is 1310. The van der Waals surface area contributed by atoms with E-state index in [9.17, 15) is 14.4 Å². The molecule has 0 aliphatic carbocycles. The average Bonchev–Trinajstić information content (AvgIpc) is 3.42. The first-order valence-corrected chi connectivity index (χ1v) is 33.6. The molecule has 1 atom stereocenters. The van der Waals surface area contributed by atoms with Gasteiger partial charge >= 0.3 is 17.9 Å². The zero-order valence-electron chi connectivity index (χ0n) is 51.0. The van der Waals surface area contributed by atoms with Crippen molar-refractivity contribution in [2.24, 2.45) is 0 Å². The van der Waals surface area contributed by atoms with Crippen LogP contribution in [0.1, 0.15) is 361 Å². The molecule has 6 nitrogen and oxygen atoms in total. The lowest BCUT2D eigenvalue weighted by Gasteiger charge is -2.18. The molecule has 0 bridgehead atoms. The first-order valence-electron chi connectivity index (χ1n) is 33.6. The minimum absolute atomic E-state index is 0.0752. The molecule has 0 aliphatic rings. The van der Waals surface area contributed by atoms with Crippen molar-refractivity contribution in [1.29, 1.82) is 0 Å². The van der Waals surface area contributed by atoms with Gasteiger partial charge in [-0.2, -0.15) is 0 Å². The Morgan fingerprint density at radius 3 is 0.776 bits per heavy atom. The second-order valence-electron chi connectivity index (χ2n) is 22.7. The molecule has 0 fully saturated rings. The molecule has 0 aromatic carbocycles. The quantitative estimate of drug-likeness (QED) is 0.0261. The van der Waals surface area contributed by atoms with E-state index >= 15 is 0 Å². The second kappa shape index (κ2) is 64.9.